The summed E-state index contributed by atoms with van der Waals surface area (Å²) in [7, 11) is 14.8. The first-order chi connectivity index (χ1) is 29.9. The van der Waals surface area contributed by atoms with Gasteiger partial charge in [0.15, 0.2) is 0 Å². The van der Waals surface area contributed by atoms with Gasteiger partial charge in [-0.1, -0.05) is 47.8 Å². The van der Waals surface area contributed by atoms with E-state index in [1.165, 1.54) is 43.3 Å². The Morgan fingerprint density at radius 3 is 1.80 bits per heavy atom. The van der Waals surface area contributed by atoms with Crippen molar-refractivity contribution >= 4 is 141 Å². The van der Waals surface area contributed by atoms with Gasteiger partial charge in [-0.15, -0.1) is 0 Å². The molecule has 0 unspecified atom stereocenters. The molecule has 4 rings (SSSR count). The van der Waals surface area contributed by atoms with E-state index in [2.05, 4.69) is 63.2 Å². The van der Waals surface area contributed by atoms with Gasteiger partial charge in [-0.25, -0.2) is 30.1 Å². The molecule has 51 heavy (non-hydrogen) atoms. The predicted molar refractivity (Wildman–Crippen MR) is 220 cm³/mol. The molecule has 3 aromatic carbocycles. The van der Waals surface area contributed by atoms with E-state index < -0.39 is 82.1 Å². The van der Waals surface area contributed by atoms with E-state index in [1.54, 1.807) is 24.3 Å². The number of nitrogens with two attached hydrogens (primary N) is 1. The number of anilines is 3. The predicted octanol–water partition coefficient (Wildman–Crippen LogP) is 8.93. The normalized spacial score (nSPS) is 18.6. The van der Waals surface area contributed by atoms with Gasteiger partial charge < -0.3 is 36.4 Å². The second-order valence-electron chi connectivity index (χ2n) is 7.93. The van der Waals surface area contributed by atoms with E-state index >= 15 is 0 Å². The number of nitrogens with one attached hydrogen (secondary N) is 2. The van der Waals surface area contributed by atoms with Crippen molar-refractivity contribution in [2.75, 3.05) is 38.8 Å². The number of phenolic OH excluding ortho intramolecular Hbond substituents is 3. The Labute approximate surface area is 367 Å². The number of aromatic hydroxyl groups is 3. The minimum absolute atomic E-state index is 0.0156. The fourth-order valence-corrected chi connectivity index (χ4v) is 3.17. The molecular weight excluding hydrogens is 963 g/mol. The van der Waals surface area contributed by atoms with Crippen LogP contribution in [0.2, 0.25) is 0 Å². The summed E-state index contributed by atoms with van der Waals surface area (Å²) < 4.78 is 119. The molecule has 0 aliphatic carbocycles. The fourth-order valence-electron chi connectivity index (χ4n) is 2.49. The van der Waals surface area contributed by atoms with Crippen LogP contribution in [-0.4, -0.2) is 72.2 Å². The number of fused-ring (bicyclic) bond motifs is 1. The minimum Gasteiger partial charge on any atom is -0.508 e. The molecule has 0 spiro atoms. The van der Waals surface area contributed by atoms with Crippen LogP contribution in [0.4, 0.5) is 17.1 Å². The number of rotatable bonds is 8. The van der Waals surface area contributed by atoms with Crippen LogP contribution in [-0.2, 0) is 30.3 Å². The third-order valence-electron chi connectivity index (χ3n) is 4.31. The number of alkyl halides is 3. The van der Waals surface area contributed by atoms with Gasteiger partial charge in [0.2, 0.25) is 17.1 Å². The molecule has 11 nitrogen and oxygen atoms in total. The van der Waals surface area contributed by atoms with Gasteiger partial charge in [0.1, 0.15) is 17.2 Å². The van der Waals surface area contributed by atoms with Crippen molar-refractivity contribution in [3.05, 3.63) is 72.3 Å². The summed E-state index contributed by atoms with van der Waals surface area (Å²) >= 11 is 10.3. The smallest absolute Gasteiger partial charge is 0.508 e. The molecule has 2 amide bonds. The van der Waals surface area contributed by atoms with E-state index in [4.69, 9.17) is 79.6 Å². The average Bonchev–Trinajstić information content (AvgIpc) is 3.16. The quantitative estimate of drug-likeness (QED) is 0.0320. The van der Waals surface area contributed by atoms with Crippen LogP contribution < -0.4 is 16.4 Å². The highest BCUT2D eigenvalue weighted by Crippen LogP contribution is 2.25. The summed E-state index contributed by atoms with van der Waals surface area (Å²) in [6.07, 6.45) is -13.2. The average molecular weight is 1020 g/mol. The van der Waals surface area contributed by atoms with Crippen LogP contribution in [0.1, 0.15) is 59.9 Å². The summed E-state index contributed by atoms with van der Waals surface area (Å²) in [6, 6.07) is 15.6. The number of benzene rings is 3. The van der Waals surface area contributed by atoms with Crippen molar-refractivity contribution < 1.29 is 61.2 Å². The molecule has 0 aromatic heterocycles. The number of ether oxygens (including phenoxy) is 1. The van der Waals surface area contributed by atoms with E-state index in [0.29, 0.717) is 5.69 Å². The lowest BCUT2D eigenvalue weighted by Gasteiger charge is -2.16. The molecule has 0 fully saturated rings. The molecule has 1 heterocycles. The number of carbonyl (C=O) groups is 4. The van der Waals surface area contributed by atoms with Crippen LogP contribution in [0.15, 0.2) is 66.7 Å². The van der Waals surface area contributed by atoms with Crippen molar-refractivity contribution in [1.82, 2.24) is 0 Å². The third kappa shape index (κ3) is 32.5. The van der Waals surface area contributed by atoms with E-state index in [-0.39, 0.29) is 40.8 Å². The Morgan fingerprint density at radius 2 is 1.37 bits per heavy atom. The summed E-state index contributed by atoms with van der Waals surface area (Å²) in [5, 5.41) is 22.8. The Kier molecular flexibility index (Phi) is 18.3. The number of phenols is 3. The van der Waals surface area contributed by atoms with Crippen molar-refractivity contribution in [1.29, 1.82) is 0 Å². The molecular formula is C32H39AlBr3Cl4N3O8. The third-order valence-corrected chi connectivity index (χ3v) is 5.00. The van der Waals surface area contributed by atoms with Gasteiger partial charge in [-0.3, -0.25) is 19.2 Å². The number of carbonyl (C=O) groups excluding carboxylic acids is 4. The molecule has 19 heteroatoms. The summed E-state index contributed by atoms with van der Waals surface area (Å²) in [4.78, 5) is 44.0. The molecule has 282 valence electrons. The summed E-state index contributed by atoms with van der Waals surface area (Å²) in [6.45, 7) is 1.55. The van der Waals surface area contributed by atoms with Crippen LogP contribution in [0, 0.1) is 0 Å². The first-order valence-corrected chi connectivity index (χ1v) is 21.0. The SMILES string of the molecule is Nc1ccc(O)cc1.[2H]C([2H])(Br)C([2H])([2H])C(=O)Cl.[2H]C([2H])(Br)C([2H])([2H])C(=O)Nc1ccc(O)cc1.[2H]C([2H])(Br)C([2H])([2H])C(=O)OCC.[2H]C1([2H])C(=O)Nc2ccc(O)cc2C1([2H])[2H].[Cl][Al]([Cl])[Cl]. The Bertz CT molecular complexity index is 2090. The van der Waals surface area contributed by atoms with Gasteiger partial charge in [-0.2, -0.15) is 0 Å². The lowest BCUT2D eigenvalue weighted by molar-refractivity contribution is -0.142. The van der Waals surface area contributed by atoms with Crippen LogP contribution in [0.3, 0.4) is 0 Å². The molecule has 0 bridgehead atoms. The summed E-state index contributed by atoms with van der Waals surface area (Å²) in [5.74, 6) is -3.23. The largest absolute Gasteiger partial charge is 0.643 e. The van der Waals surface area contributed by atoms with Gasteiger partial charge in [0.25, 0.3) is 0 Å². The van der Waals surface area contributed by atoms with Crippen molar-refractivity contribution in [2.24, 2.45) is 0 Å². The monoisotopic (exact) mass is 1010 g/mol. The number of amides is 2. The molecule has 3 aromatic rings. The zero-order chi connectivity index (χ0) is 53.5. The van der Waals surface area contributed by atoms with Gasteiger partial charge in [0.05, 0.1) is 13.0 Å². The highest BCUT2D eigenvalue weighted by atomic mass is 79.9. The zero-order valence-corrected chi connectivity index (χ0v) is 34.7. The lowest BCUT2D eigenvalue weighted by atomic mass is 10.0. The molecule has 0 saturated heterocycles. The Balaban J connectivity index is 0. The van der Waals surface area contributed by atoms with Gasteiger partial charge in [-0.05, 0) is 97.2 Å². The van der Waals surface area contributed by atoms with Gasteiger partial charge in [0, 0.05) is 74.0 Å². The van der Waals surface area contributed by atoms with Crippen molar-refractivity contribution in [3.63, 3.8) is 0 Å². The van der Waals surface area contributed by atoms with Crippen molar-refractivity contribution in [2.45, 2.75) is 38.8 Å². The lowest BCUT2D eigenvalue weighted by Crippen LogP contribution is -2.18. The number of aryl methyl sites for hydroxylation is 1. The van der Waals surface area contributed by atoms with E-state index in [0.717, 1.165) is 6.07 Å². The molecule has 1 aliphatic rings. The molecule has 0 radical (unpaired) electrons. The van der Waals surface area contributed by atoms with E-state index in [9.17, 15) is 24.3 Å². The van der Waals surface area contributed by atoms with Crippen LogP contribution in [0.25, 0.3) is 0 Å². The topological polar surface area (TPSA) is 188 Å². The van der Waals surface area contributed by atoms with Crippen LogP contribution in [0.5, 0.6) is 17.2 Å². The maximum Gasteiger partial charge on any atom is 0.643 e. The number of hydrogen-bond donors (Lipinski definition) is 6. The van der Waals surface area contributed by atoms with E-state index in [1.807, 2.05) is 0 Å². The number of nitrogen functional groups attached to an aromatic ring is 1. The number of esters is 1. The second-order valence-corrected chi connectivity index (χ2v) is 15.9. The molecule has 0 atom stereocenters. The minimum atomic E-state index is -2.72. The highest BCUT2D eigenvalue weighted by Gasteiger charge is 2.14. The number of halogens is 7. The molecule has 0 saturated carbocycles. The first-order valence-electron chi connectivity index (χ1n) is 21.0. The Hall–Kier alpha value is -1.93. The van der Waals surface area contributed by atoms with Crippen molar-refractivity contribution in [3.8, 4) is 17.2 Å². The first kappa shape index (κ1) is 28.5. The van der Waals surface area contributed by atoms with Gasteiger partial charge >= 0.3 is 17.4 Å². The molecule has 7 N–H and O–H groups in total. The fraction of sp³-hybridized carbons (Fsp3) is 0.312. The standard InChI is InChI=1S/C9H10BrNO2.C9H9NO2.C6H7NO.C5H9BrO2.C3H4BrClO.Al.3ClH/c10-6-5-9(13)11-7-1-3-8(12)4-2-7;11-7-2-3-8-6(5-7)1-4-9(12)10-8;7-5-1-3-6(8)4-2-5;1-2-8-5(7)3-4-6;4-2-1-3(5)6;;;;/h1-4,12H,5-6H2,(H,11,13);2-3,5,11H,1,4H2,(H,10,12);1-4,8H,7H2;2-4H2,1H3;1-2H2;;3*1H/q;;;;;+3;;;/p-3/i5D2,6D2;1D2,4D2;;3D2,4D2;1D2,2D2;;;;. The Morgan fingerprint density at radius 1 is 0.882 bits per heavy atom. The second kappa shape index (κ2) is 32.7. The highest BCUT2D eigenvalue weighted by molar-refractivity contribution is 9.09. The summed E-state index contributed by atoms with van der Waals surface area (Å²) in [5.41, 5.74) is 6.38. The maximum atomic E-state index is 11.5. The molecule has 1 aliphatic heterocycles. The van der Waals surface area contributed by atoms with Crippen LogP contribution >= 0.6 is 89.5 Å². The number of hydrogen-bond acceptors (Lipinski definition) is 9. The zero-order valence-electron chi connectivity index (χ0n) is 41.7. The maximum absolute atomic E-state index is 11.5.